The Balaban J connectivity index is 3.21. The molecule has 0 saturated carbocycles. The molecule has 0 saturated heterocycles. The molecule has 0 aliphatic rings. The van der Waals surface area contributed by atoms with Crippen LogP contribution in [0.1, 0.15) is 12.5 Å². The number of nitrogens with one attached hydrogen (secondary N) is 2. The minimum Gasteiger partial charge on any atom is -0.390 e. The predicted octanol–water partition coefficient (Wildman–Crippen LogP) is 3.60. The second-order valence-corrected chi connectivity index (χ2v) is 6.51. The molecule has 0 aromatic heterocycles. The lowest BCUT2D eigenvalue weighted by Gasteiger charge is -2.09. The highest BCUT2D eigenvalue weighted by atomic mass is 127. The first-order chi connectivity index (χ1) is 10.9. The number of nitrogens with zero attached hydrogens (tertiary/aromatic N) is 2. The highest BCUT2D eigenvalue weighted by molar-refractivity contribution is 14.1. The van der Waals surface area contributed by atoms with Gasteiger partial charge in [0.1, 0.15) is 11.0 Å². The lowest BCUT2D eigenvalue weighted by atomic mass is 10.2. The number of benzene rings is 1. The van der Waals surface area contributed by atoms with E-state index in [1.165, 1.54) is 12.1 Å². The van der Waals surface area contributed by atoms with E-state index in [2.05, 4.69) is 31.2 Å². The van der Waals surface area contributed by atoms with Gasteiger partial charge >= 0.3 is 0 Å². The van der Waals surface area contributed by atoms with Crippen LogP contribution in [0.15, 0.2) is 38.4 Å². The van der Waals surface area contributed by atoms with Crippen molar-refractivity contribution in [2.24, 2.45) is 15.7 Å². The third-order valence-electron chi connectivity index (χ3n) is 2.62. The van der Waals surface area contributed by atoms with Gasteiger partial charge in [0.15, 0.2) is 5.84 Å². The molecule has 0 aliphatic carbocycles. The third kappa shape index (κ3) is 6.19. The molecule has 0 fully saturated rings. The van der Waals surface area contributed by atoms with E-state index in [-0.39, 0.29) is 17.5 Å². The SMILES string of the molecule is CCN/C(Br)=C(/CN=C(N=CN)c1ccc(F)cc1I)C(=N)Cl. The van der Waals surface area contributed by atoms with Crippen molar-refractivity contribution in [1.29, 1.82) is 5.41 Å². The smallest absolute Gasteiger partial charge is 0.157 e. The second-order valence-electron chi connectivity index (χ2n) is 4.18. The standard InChI is InChI=1S/C14H15BrClFIN5/c1-2-21-12(15)10(13(16)20)6-22-14(23-7-19)9-4-3-8(17)5-11(9)18/h3-5,7,20-21H,2,6H2,1H3,(H2,19,22,23)/b12-10-,20-13?. The first-order valence-electron chi connectivity index (χ1n) is 6.51. The van der Waals surface area contributed by atoms with Crippen LogP contribution in [-0.2, 0) is 0 Å². The van der Waals surface area contributed by atoms with Gasteiger partial charge in [0.05, 0.1) is 17.5 Å². The lowest BCUT2D eigenvalue weighted by molar-refractivity contribution is 0.626. The molecular weight excluding hydrogens is 499 g/mol. The van der Waals surface area contributed by atoms with Crippen molar-refractivity contribution >= 4 is 67.5 Å². The number of hydrogen-bond acceptors (Lipinski definition) is 3. The molecule has 0 spiro atoms. The van der Waals surface area contributed by atoms with Crippen LogP contribution in [0.4, 0.5) is 4.39 Å². The molecule has 1 rings (SSSR count). The van der Waals surface area contributed by atoms with Gasteiger partial charge in [0, 0.05) is 21.3 Å². The monoisotopic (exact) mass is 513 g/mol. The Morgan fingerprint density at radius 3 is 2.78 bits per heavy atom. The van der Waals surface area contributed by atoms with Crippen LogP contribution >= 0.6 is 50.1 Å². The van der Waals surface area contributed by atoms with E-state index in [4.69, 9.17) is 22.7 Å². The molecule has 1 aromatic carbocycles. The van der Waals surface area contributed by atoms with Crippen LogP contribution in [0.3, 0.4) is 0 Å². The summed E-state index contributed by atoms with van der Waals surface area (Å²) < 4.78 is 14.5. The van der Waals surface area contributed by atoms with Crippen LogP contribution < -0.4 is 11.1 Å². The molecule has 0 unspecified atom stereocenters. The van der Waals surface area contributed by atoms with Crippen molar-refractivity contribution in [2.45, 2.75) is 6.92 Å². The zero-order chi connectivity index (χ0) is 17.4. The molecule has 1 aromatic rings. The molecule has 0 bridgehead atoms. The van der Waals surface area contributed by atoms with Crippen molar-refractivity contribution in [3.05, 3.63) is 43.3 Å². The van der Waals surface area contributed by atoms with E-state index in [0.717, 1.165) is 6.34 Å². The summed E-state index contributed by atoms with van der Waals surface area (Å²) >= 11 is 11.1. The van der Waals surface area contributed by atoms with Crippen molar-refractivity contribution in [3.63, 3.8) is 0 Å². The van der Waals surface area contributed by atoms with E-state index in [9.17, 15) is 4.39 Å². The van der Waals surface area contributed by atoms with E-state index in [1.54, 1.807) is 6.07 Å². The van der Waals surface area contributed by atoms with Gasteiger partial charge in [-0.3, -0.25) is 10.4 Å². The Labute approximate surface area is 161 Å². The molecule has 4 N–H and O–H groups in total. The van der Waals surface area contributed by atoms with Gasteiger partial charge in [-0.15, -0.1) is 0 Å². The highest BCUT2D eigenvalue weighted by Crippen LogP contribution is 2.17. The predicted molar refractivity (Wildman–Crippen MR) is 106 cm³/mol. The molecule has 0 heterocycles. The largest absolute Gasteiger partial charge is 0.390 e. The Hall–Kier alpha value is -1.000. The van der Waals surface area contributed by atoms with Gasteiger partial charge in [-0.2, -0.15) is 0 Å². The number of nitrogens with two attached hydrogens (primary N) is 1. The minimum absolute atomic E-state index is 0.121. The summed E-state index contributed by atoms with van der Waals surface area (Å²) in [5.41, 5.74) is 6.50. The Bertz CT molecular complexity index is 675. The summed E-state index contributed by atoms with van der Waals surface area (Å²) in [6.45, 7) is 2.71. The zero-order valence-electron chi connectivity index (χ0n) is 12.2. The Morgan fingerprint density at radius 1 is 1.57 bits per heavy atom. The third-order valence-corrected chi connectivity index (χ3v) is 4.50. The highest BCUT2D eigenvalue weighted by Gasteiger charge is 2.11. The summed E-state index contributed by atoms with van der Waals surface area (Å²) in [5.74, 6) is -0.00338. The molecule has 124 valence electrons. The normalized spacial score (nSPS) is 13.2. The molecule has 23 heavy (non-hydrogen) atoms. The maximum atomic E-state index is 13.2. The van der Waals surface area contributed by atoms with Crippen LogP contribution in [0.5, 0.6) is 0 Å². The number of hydrogen-bond donors (Lipinski definition) is 3. The fourth-order valence-electron chi connectivity index (χ4n) is 1.59. The first-order valence-corrected chi connectivity index (χ1v) is 8.76. The topological polar surface area (TPSA) is 86.6 Å². The van der Waals surface area contributed by atoms with E-state index < -0.39 is 0 Å². The average Bonchev–Trinajstić information content (AvgIpc) is 2.46. The molecule has 5 nitrogen and oxygen atoms in total. The van der Waals surface area contributed by atoms with Crippen molar-refractivity contribution < 1.29 is 4.39 Å². The lowest BCUT2D eigenvalue weighted by Crippen LogP contribution is -2.14. The Morgan fingerprint density at radius 2 is 2.26 bits per heavy atom. The van der Waals surface area contributed by atoms with Crippen LogP contribution in [0.25, 0.3) is 0 Å². The maximum Gasteiger partial charge on any atom is 0.157 e. The molecule has 0 radical (unpaired) electrons. The summed E-state index contributed by atoms with van der Waals surface area (Å²) in [6.07, 6.45) is 1.12. The van der Waals surface area contributed by atoms with Crippen LogP contribution in [-0.4, -0.2) is 30.4 Å². The fourth-order valence-corrected chi connectivity index (χ4v) is 3.18. The summed E-state index contributed by atoms with van der Waals surface area (Å²) in [4.78, 5) is 8.38. The average molecular weight is 515 g/mol. The van der Waals surface area contributed by atoms with Crippen molar-refractivity contribution in [2.75, 3.05) is 13.1 Å². The number of rotatable bonds is 6. The van der Waals surface area contributed by atoms with Gasteiger partial charge in [0.2, 0.25) is 0 Å². The summed E-state index contributed by atoms with van der Waals surface area (Å²) in [7, 11) is 0. The first kappa shape index (κ1) is 20.0. The zero-order valence-corrected chi connectivity index (χ0v) is 16.7. The summed E-state index contributed by atoms with van der Waals surface area (Å²) in [5, 5.41) is 10.5. The quantitative estimate of drug-likeness (QED) is 0.235. The number of halogens is 4. The van der Waals surface area contributed by atoms with Crippen LogP contribution in [0.2, 0.25) is 0 Å². The van der Waals surface area contributed by atoms with E-state index in [1.807, 2.05) is 29.5 Å². The van der Waals surface area contributed by atoms with Gasteiger partial charge in [0.25, 0.3) is 0 Å². The van der Waals surface area contributed by atoms with Gasteiger partial charge in [-0.05, 0) is 63.6 Å². The van der Waals surface area contributed by atoms with Gasteiger partial charge in [-0.1, -0.05) is 11.6 Å². The molecule has 0 amide bonds. The minimum atomic E-state index is -0.341. The van der Waals surface area contributed by atoms with Gasteiger partial charge < -0.3 is 11.1 Å². The van der Waals surface area contributed by atoms with Crippen LogP contribution in [0, 0.1) is 14.8 Å². The van der Waals surface area contributed by atoms with E-state index in [0.29, 0.717) is 31.7 Å². The molecule has 0 aliphatic heterocycles. The fraction of sp³-hybridized carbons (Fsp3) is 0.214. The molecule has 0 atom stereocenters. The molecule has 9 heteroatoms. The summed E-state index contributed by atoms with van der Waals surface area (Å²) in [6, 6.07) is 4.29. The maximum absolute atomic E-state index is 13.2. The van der Waals surface area contributed by atoms with Gasteiger partial charge in [-0.25, -0.2) is 9.38 Å². The number of amidine groups is 1. The van der Waals surface area contributed by atoms with Crippen molar-refractivity contribution in [3.8, 4) is 0 Å². The van der Waals surface area contributed by atoms with Crippen molar-refractivity contribution in [1.82, 2.24) is 5.32 Å². The second kappa shape index (κ2) is 9.99. The Kier molecular flexibility index (Phi) is 8.71. The number of aliphatic imine (C=N–C) groups is 2. The van der Waals surface area contributed by atoms with E-state index >= 15 is 0 Å². The molecular formula is C14H15BrClFIN5.